The van der Waals surface area contributed by atoms with Crippen molar-refractivity contribution >= 4 is 16.9 Å². The molecule has 37 heavy (non-hydrogen) atoms. The molecule has 0 aromatic heterocycles. The summed E-state index contributed by atoms with van der Waals surface area (Å²) < 4.78 is 31.5. The molecule has 5 rings (SSSR count). The van der Waals surface area contributed by atoms with E-state index in [1.165, 1.54) is 17.0 Å². The molecule has 2 unspecified atom stereocenters. The lowest BCUT2D eigenvalue weighted by Crippen LogP contribution is -2.51. The lowest BCUT2D eigenvalue weighted by Gasteiger charge is -2.40. The van der Waals surface area contributed by atoms with Gasteiger partial charge in [0, 0.05) is 44.0 Å². The van der Waals surface area contributed by atoms with E-state index in [0.717, 1.165) is 60.5 Å². The molecule has 2 atom stereocenters. The molecule has 0 aliphatic carbocycles. The van der Waals surface area contributed by atoms with E-state index in [1.807, 2.05) is 30.3 Å². The van der Waals surface area contributed by atoms with Crippen molar-refractivity contribution in [2.75, 3.05) is 52.5 Å². The normalized spacial score (nSPS) is 20.7. The van der Waals surface area contributed by atoms with Gasteiger partial charge in [-0.2, -0.15) is 0 Å². The molecule has 0 N–H and O–H groups in total. The number of piperidine rings is 1. The lowest BCUT2D eigenvalue weighted by molar-refractivity contribution is -0.268. The van der Waals surface area contributed by atoms with Gasteiger partial charge < -0.3 is 29.0 Å². The molecular formula is C29H32FN2O5-. The van der Waals surface area contributed by atoms with E-state index in [2.05, 4.69) is 11.0 Å². The number of morpholine rings is 1. The molecule has 1 amide bonds. The quantitative estimate of drug-likeness (QED) is 0.465. The number of hydrogen-bond acceptors (Lipinski definition) is 6. The Balaban J connectivity index is 1.31. The molecule has 0 bridgehead atoms. The van der Waals surface area contributed by atoms with Crippen LogP contribution in [0.4, 0.5) is 9.18 Å². The first-order chi connectivity index (χ1) is 18.1. The Labute approximate surface area is 216 Å². The fourth-order valence-corrected chi connectivity index (χ4v) is 5.19. The van der Waals surface area contributed by atoms with E-state index in [9.17, 15) is 14.3 Å². The van der Waals surface area contributed by atoms with Crippen LogP contribution in [0.15, 0.2) is 60.7 Å². The number of halogens is 1. The van der Waals surface area contributed by atoms with Crippen LogP contribution in [-0.2, 0) is 16.1 Å². The lowest BCUT2D eigenvalue weighted by atomic mass is 9.87. The van der Waals surface area contributed by atoms with Gasteiger partial charge >= 0.3 is 0 Å². The molecule has 0 spiro atoms. The molecule has 2 aliphatic rings. The number of carboxylic acid groups (broad SMARTS) is 1. The minimum Gasteiger partial charge on any atom is -0.530 e. The average Bonchev–Trinajstić information content (AvgIpc) is 2.93. The number of amides is 1. The molecule has 7 nitrogen and oxygen atoms in total. The van der Waals surface area contributed by atoms with Crippen LogP contribution in [0.1, 0.15) is 23.5 Å². The number of hydrogen-bond donors (Lipinski definition) is 0. The third-order valence-corrected chi connectivity index (χ3v) is 7.23. The van der Waals surface area contributed by atoms with Crippen molar-refractivity contribution in [3.63, 3.8) is 0 Å². The van der Waals surface area contributed by atoms with E-state index < -0.39 is 6.09 Å². The van der Waals surface area contributed by atoms with Crippen molar-refractivity contribution < 1.29 is 28.5 Å². The van der Waals surface area contributed by atoms with E-state index >= 15 is 0 Å². The number of carbonyl (C=O) groups is 1. The maximum Gasteiger partial charge on any atom is 0.137 e. The summed E-state index contributed by atoms with van der Waals surface area (Å²) >= 11 is 0. The van der Waals surface area contributed by atoms with Crippen LogP contribution in [0.5, 0.6) is 5.75 Å². The van der Waals surface area contributed by atoms with E-state index in [4.69, 9.17) is 14.2 Å². The predicted octanol–water partition coefficient (Wildman–Crippen LogP) is 3.41. The molecule has 2 fully saturated rings. The van der Waals surface area contributed by atoms with Gasteiger partial charge in [0.2, 0.25) is 0 Å². The summed E-state index contributed by atoms with van der Waals surface area (Å²) in [5.41, 5.74) is 1.89. The van der Waals surface area contributed by atoms with Gasteiger partial charge in [-0.1, -0.05) is 36.4 Å². The van der Waals surface area contributed by atoms with Gasteiger partial charge in [-0.25, -0.2) is 4.39 Å². The second-order valence-corrected chi connectivity index (χ2v) is 9.63. The highest BCUT2D eigenvalue weighted by Gasteiger charge is 2.31. The van der Waals surface area contributed by atoms with Crippen molar-refractivity contribution in [3.05, 3.63) is 77.6 Å². The van der Waals surface area contributed by atoms with Gasteiger partial charge in [0.05, 0.1) is 25.9 Å². The first-order valence-electron chi connectivity index (χ1n) is 12.8. The van der Waals surface area contributed by atoms with E-state index in [0.29, 0.717) is 26.2 Å². The number of fused-ring (bicyclic) bond motifs is 1. The van der Waals surface area contributed by atoms with Gasteiger partial charge in [0.15, 0.2) is 0 Å². The van der Waals surface area contributed by atoms with Gasteiger partial charge in [-0.3, -0.25) is 4.90 Å². The van der Waals surface area contributed by atoms with Crippen LogP contribution >= 0.6 is 0 Å². The number of rotatable bonds is 8. The molecule has 196 valence electrons. The van der Waals surface area contributed by atoms with Crippen LogP contribution < -0.4 is 9.84 Å². The molecule has 2 saturated heterocycles. The summed E-state index contributed by atoms with van der Waals surface area (Å²) in [6, 6.07) is 18.5. The zero-order valence-corrected chi connectivity index (χ0v) is 20.8. The molecule has 3 aromatic rings. The summed E-state index contributed by atoms with van der Waals surface area (Å²) in [6.07, 6.45) is -1.00. The zero-order valence-electron chi connectivity index (χ0n) is 20.8. The van der Waals surface area contributed by atoms with Crippen LogP contribution in [0, 0.1) is 5.82 Å². The first kappa shape index (κ1) is 25.4. The zero-order chi connectivity index (χ0) is 25.6. The van der Waals surface area contributed by atoms with Gasteiger partial charge in [0.25, 0.3) is 0 Å². The number of likely N-dealkylation sites (tertiary alicyclic amines) is 1. The Morgan fingerprint density at radius 3 is 2.62 bits per heavy atom. The molecular weight excluding hydrogens is 475 g/mol. The number of benzene rings is 3. The Hall–Kier alpha value is -3.20. The molecule has 3 aromatic carbocycles. The monoisotopic (exact) mass is 507 g/mol. The van der Waals surface area contributed by atoms with Crippen LogP contribution in [0.25, 0.3) is 10.8 Å². The minimum atomic E-state index is -1.20. The Morgan fingerprint density at radius 1 is 1.05 bits per heavy atom. The summed E-state index contributed by atoms with van der Waals surface area (Å²) in [6.45, 7) is 5.62. The predicted molar refractivity (Wildman–Crippen MR) is 136 cm³/mol. The number of nitrogens with zero attached hydrogens (tertiary/aromatic N) is 2. The number of ether oxygens (including phenoxy) is 3. The molecule has 8 heteroatoms. The fourth-order valence-electron chi connectivity index (χ4n) is 5.19. The van der Waals surface area contributed by atoms with Crippen molar-refractivity contribution in [2.24, 2.45) is 0 Å². The van der Waals surface area contributed by atoms with Gasteiger partial charge in [0.1, 0.15) is 24.3 Å². The number of carbonyl (C=O) groups excluding carboxylic acids is 1. The topological polar surface area (TPSA) is 74.3 Å². The van der Waals surface area contributed by atoms with Crippen molar-refractivity contribution in [3.8, 4) is 5.75 Å². The first-order valence-corrected chi connectivity index (χ1v) is 12.8. The highest BCUT2D eigenvalue weighted by atomic mass is 19.1. The summed E-state index contributed by atoms with van der Waals surface area (Å²) in [5, 5.41) is 13.6. The second-order valence-electron chi connectivity index (χ2n) is 9.63. The van der Waals surface area contributed by atoms with E-state index in [-0.39, 0.29) is 24.4 Å². The second kappa shape index (κ2) is 11.9. The highest BCUT2D eigenvalue weighted by Crippen LogP contribution is 2.33. The summed E-state index contributed by atoms with van der Waals surface area (Å²) in [7, 11) is 0. The van der Waals surface area contributed by atoms with E-state index in [1.54, 1.807) is 12.1 Å². The fraction of sp³-hybridized carbons (Fsp3) is 0.414. The Morgan fingerprint density at radius 2 is 1.84 bits per heavy atom. The molecule has 2 aliphatic heterocycles. The SMILES string of the molecule is O=C([O-])N1CCC(c2ccc(F)cc2)C(OCc2cc(OCCN3CCOCC3)c3ccccc3c2)C1. The molecule has 0 radical (unpaired) electrons. The average molecular weight is 508 g/mol. The van der Waals surface area contributed by atoms with Gasteiger partial charge in [-0.05, 0) is 47.2 Å². The summed E-state index contributed by atoms with van der Waals surface area (Å²) in [5.74, 6) is 0.464. The van der Waals surface area contributed by atoms with Crippen LogP contribution in [0.2, 0.25) is 0 Å². The van der Waals surface area contributed by atoms with Gasteiger partial charge in [-0.15, -0.1) is 0 Å². The maximum absolute atomic E-state index is 13.5. The van der Waals surface area contributed by atoms with Crippen molar-refractivity contribution in [1.29, 1.82) is 0 Å². The Bertz CT molecular complexity index is 1200. The standard InChI is InChI=1S/C29H33FN2O5/c30-24-7-5-22(6-8-24)26-9-10-32(29(33)34)19-28(26)37-20-21-17-23-3-1-2-4-25(23)27(18-21)36-16-13-31-11-14-35-15-12-31/h1-8,17-18,26,28H,9-16,19-20H2,(H,33,34)/p-1. The maximum atomic E-state index is 13.5. The van der Waals surface area contributed by atoms with Crippen LogP contribution in [-0.4, -0.2) is 74.5 Å². The Kier molecular flexibility index (Phi) is 8.18. The smallest absolute Gasteiger partial charge is 0.137 e. The minimum absolute atomic E-state index is 0.0408. The third-order valence-electron chi connectivity index (χ3n) is 7.23. The van der Waals surface area contributed by atoms with Crippen molar-refractivity contribution in [1.82, 2.24) is 9.80 Å². The largest absolute Gasteiger partial charge is 0.530 e. The highest BCUT2D eigenvalue weighted by molar-refractivity contribution is 5.89. The van der Waals surface area contributed by atoms with Crippen molar-refractivity contribution in [2.45, 2.75) is 25.0 Å². The third kappa shape index (κ3) is 6.39. The summed E-state index contributed by atoms with van der Waals surface area (Å²) in [4.78, 5) is 15.2. The molecule has 0 saturated carbocycles. The van der Waals surface area contributed by atoms with Crippen LogP contribution in [0.3, 0.4) is 0 Å². The molecule has 2 heterocycles.